The first-order valence-corrected chi connectivity index (χ1v) is 5.28. The van der Waals surface area contributed by atoms with Crippen molar-refractivity contribution in [1.82, 2.24) is 0 Å². The zero-order valence-corrected chi connectivity index (χ0v) is 9.91. The summed E-state index contributed by atoms with van der Waals surface area (Å²) in [6.45, 7) is 2.16. The zero-order valence-electron chi connectivity index (χ0n) is 8.33. The molecular weight excluding hydrogens is 260 g/mol. The summed E-state index contributed by atoms with van der Waals surface area (Å²) in [7, 11) is 0. The molecule has 0 amide bonds. The maximum atomic E-state index is 10.5. The summed E-state index contributed by atoms with van der Waals surface area (Å²) in [5, 5.41) is 11.6. The quantitative estimate of drug-likeness (QED) is 0.778. The lowest BCUT2D eigenvalue weighted by molar-refractivity contribution is -0.138. The van der Waals surface area contributed by atoms with Gasteiger partial charge in [0.15, 0.2) is 0 Å². The van der Waals surface area contributed by atoms with Crippen molar-refractivity contribution in [1.29, 1.82) is 0 Å². The van der Waals surface area contributed by atoms with Crippen molar-refractivity contribution in [3.05, 3.63) is 28.2 Å². The number of aliphatic carboxylic acids is 1. The van der Waals surface area contributed by atoms with Gasteiger partial charge >= 0.3 is 5.97 Å². The topological polar surface area (TPSA) is 75.3 Å². The molecule has 0 aliphatic heterocycles. The number of nitrogens with two attached hydrogens (primary N) is 1. The van der Waals surface area contributed by atoms with E-state index < -0.39 is 12.0 Å². The van der Waals surface area contributed by atoms with E-state index in [1.165, 1.54) is 0 Å². The third-order valence-corrected chi connectivity index (χ3v) is 2.51. The first-order valence-electron chi connectivity index (χ1n) is 4.49. The molecule has 0 radical (unpaired) electrons. The highest BCUT2D eigenvalue weighted by Gasteiger charge is 2.10. The summed E-state index contributed by atoms with van der Waals surface area (Å²) in [5.74, 6) is -1.00. The molecule has 4 N–H and O–H groups in total. The summed E-state index contributed by atoms with van der Waals surface area (Å²) in [6.07, 6.45) is 0. The Morgan fingerprint density at radius 1 is 1.67 bits per heavy atom. The minimum atomic E-state index is -1.00. The van der Waals surface area contributed by atoms with E-state index in [0.29, 0.717) is 0 Å². The smallest absolute Gasteiger partial charge is 0.322 e. The van der Waals surface area contributed by atoms with E-state index in [9.17, 15) is 4.79 Å². The molecule has 0 bridgehead atoms. The van der Waals surface area contributed by atoms with Crippen LogP contribution in [0.4, 0.5) is 5.69 Å². The minimum Gasteiger partial charge on any atom is -0.480 e. The van der Waals surface area contributed by atoms with Crippen molar-refractivity contribution in [3.63, 3.8) is 0 Å². The Bertz CT molecular complexity index is 368. The molecule has 5 heteroatoms. The van der Waals surface area contributed by atoms with E-state index in [1.54, 1.807) is 0 Å². The number of hydrogen-bond acceptors (Lipinski definition) is 3. The highest BCUT2D eigenvalue weighted by molar-refractivity contribution is 9.10. The fraction of sp³-hybridized carbons (Fsp3) is 0.300. The van der Waals surface area contributed by atoms with Gasteiger partial charge in [-0.15, -0.1) is 0 Å². The second kappa shape index (κ2) is 5.14. The number of benzene rings is 1. The van der Waals surface area contributed by atoms with E-state index in [-0.39, 0.29) is 6.54 Å². The van der Waals surface area contributed by atoms with Crippen LogP contribution in [-0.2, 0) is 4.79 Å². The van der Waals surface area contributed by atoms with Crippen LogP contribution in [0, 0.1) is 6.92 Å². The molecular formula is C10H13BrN2O2. The van der Waals surface area contributed by atoms with Gasteiger partial charge in [0.25, 0.3) is 0 Å². The van der Waals surface area contributed by atoms with Gasteiger partial charge in [0, 0.05) is 16.7 Å². The molecule has 0 fully saturated rings. The van der Waals surface area contributed by atoms with E-state index >= 15 is 0 Å². The molecule has 82 valence electrons. The number of halogens is 1. The highest BCUT2D eigenvalue weighted by atomic mass is 79.9. The minimum absolute atomic E-state index is 0.220. The fourth-order valence-corrected chi connectivity index (χ4v) is 1.61. The number of aryl methyl sites for hydroxylation is 1. The summed E-state index contributed by atoms with van der Waals surface area (Å²) in [5.41, 5.74) is 7.31. The van der Waals surface area contributed by atoms with Crippen molar-refractivity contribution < 1.29 is 9.90 Å². The summed E-state index contributed by atoms with van der Waals surface area (Å²) in [6, 6.07) is 4.84. The fourth-order valence-electron chi connectivity index (χ4n) is 1.13. The maximum Gasteiger partial charge on any atom is 0.322 e. The molecule has 0 spiro atoms. The number of carbonyl (C=O) groups is 1. The molecule has 0 aromatic heterocycles. The van der Waals surface area contributed by atoms with Gasteiger partial charge in [-0.05, 0) is 30.7 Å². The van der Waals surface area contributed by atoms with E-state index in [4.69, 9.17) is 10.8 Å². The third kappa shape index (κ3) is 3.53. The first-order chi connectivity index (χ1) is 7.00. The van der Waals surface area contributed by atoms with Crippen LogP contribution in [0.25, 0.3) is 0 Å². The highest BCUT2D eigenvalue weighted by Crippen LogP contribution is 2.19. The van der Waals surface area contributed by atoms with E-state index in [2.05, 4.69) is 21.2 Å². The lowest BCUT2D eigenvalue weighted by atomic mass is 10.2. The number of carboxylic acids is 1. The van der Waals surface area contributed by atoms with Crippen LogP contribution in [0.3, 0.4) is 0 Å². The van der Waals surface area contributed by atoms with Gasteiger partial charge in [-0.1, -0.05) is 15.9 Å². The molecule has 1 atom stereocenters. The van der Waals surface area contributed by atoms with Crippen molar-refractivity contribution in [3.8, 4) is 0 Å². The van der Waals surface area contributed by atoms with E-state index in [0.717, 1.165) is 15.7 Å². The zero-order chi connectivity index (χ0) is 11.4. The first kappa shape index (κ1) is 12.0. The molecule has 0 saturated heterocycles. The van der Waals surface area contributed by atoms with Crippen molar-refractivity contribution in [2.45, 2.75) is 13.0 Å². The van der Waals surface area contributed by atoms with Crippen LogP contribution in [-0.4, -0.2) is 23.7 Å². The molecule has 1 aromatic carbocycles. The molecule has 1 rings (SSSR count). The molecule has 0 saturated carbocycles. The van der Waals surface area contributed by atoms with Gasteiger partial charge in [-0.25, -0.2) is 0 Å². The third-order valence-electron chi connectivity index (χ3n) is 2.02. The Kier molecular flexibility index (Phi) is 4.11. The van der Waals surface area contributed by atoms with Crippen molar-refractivity contribution >= 4 is 27.6 Å². The van der Waals surface area contributed by atoms with Gasteiger partial charge in [-0.2, -0.15) is 0 Å². The maximum absolute atomic E-state index is 10.5. The van der Waals surface area contributed by atoms with Crippen molar-refractivity contribution in [2.75, 3.05) is 11.9 Å². The molecule has 0 aliphatic carbocycles. The summed E-state index contributed by atoms with van der Waals surface area (Å²) < 4.78 is 0.994. The molecule has 1 unspecified atom stereocenters. The number of carboxylic acid groups (broad SMARTS) is 1. The van der Waals surface area contributed by atoms with Crippen LogP contribution in [0.5, 0.6) is 0 Å². The molecule has 1 aromatic rings. The van der Waals surface area contributed by atoms with Crippen LogP contribution in [0.2, 0.25) is 0 Å². The average molecular weight is 273 g/mol. The van der Waals surface area contributed by atoms with Gasteiger partial charge in [-0.3, -0.25) is 4.79 Å². The summed E-state index contributed by atoms with van der Waals surface area (Å²) >= 11 is 3.35. The normalized spacial score (nSPS) is 12.2. The van der Waals surface area contributed by atoms with Crippen molar-refractivity contribution in [2.24, 2.45) is 5.73 Å². The van der Waals surface area contributed by atoms with Crippen LogP contribution >= 0.6 is 15.9 Å². The van der Waals surface area contributed by atoms with Gasteiger partial charge in [0.05, 0.1) is 0 Å². The summed E-state index contributed by atoms with van der Waals surface area (Å²) in [4.78, 5) is 10.5. The van der Waals surface area contributed by atoms with E-state index in [1.807, 2.05) is 25.1 Å². The predicted octanol–water partition coefficient (Wildman–Crippen LogP) is 1.58. The molecule has 0 heterocycles. The largest absolute Gasteiger partial charge is 0.480 e. The van der Waals surface area contributed by atoms with Crippen LogP contribution < -0.4 is 11.1 Å². The SMILES string of the molecule is Cc1cc(Br)ccc1NCC(N)C(=O)O. The average Bonchev–Trinajstić information content (AvgIpc) is 2.15. The lowest BCUT2D eigenvalue weighted by Crippen LogP contribution is -2.37. The second-order valence-corrected chi connectivity index (χ2v) is 4.20. The Morgan fingerprint density at radius 3 is 2.87 bits per heavy atom. The Morgan fingerprint density at radius 2 is 2.33 bits per heavy atom. The molecule has 0 aliphatic rings. The van der Waals surface area contributed by atoms with Gasteiger partial charge in [0.2, 0.25) is 0 Å². The standard InChI is InChI=1S/C10H13BrN2O2/c1-6-4-7(11)2-3-9(6)13-5-8(12)10(14)15/h2-4,8,13H,5,12H2,1H3,(H,14,15). The Labute approximate surface area is 96.6 Å². The molecule has 4 nitrogen and oxygen atoms in total. The van der Waals surface area contributed by atoms with Crippen LogP contribution in [0.15, 0.2) is 22.7 Å². The predicted molar refractivity (Wildman–Crippen MR) is 63.0 cm³/mol. The Balaban J connectivity index is 2.62. The molecule has 15 heavy (non-hydrogen) atoms. The monoisotopic (exact) mass is 272 g/mol. The Hall–Kier alpha value is -1.07. The number of hydrogen-bond donors (Lipinski definition) is 3. The van der Waals surface area contributed by atoms with Gasteiger partial charge < -0.3 is 16.2 Å². The van der Waals surface area contributed by atoms with Gasteiger partial charge in [0.1, 0.15) is 6.04 Å². The number of nitrogens with one attached hydrogen (secondary N) is 1. The van der Waals surface area contributed by atoms with Crippen LogP contribution in [0.1, 0.15) is 5.56 Å². The second-order valence-electron chi connectivity index (χ2n) is 3.28. The lowest BCUT2D eigenvalue weighted by Gasteiger charge is -2.12. The number of anilines is 1. The number of rotatable bonds is 4.